The molecule has 6 heteroatoms. The highest BCUT2D eigenvalue weighted by Gasteiger charge is 2.08. The van der Waals surface area contributed by atoms with E-state index in [9.17, 15) is 14.7 Å². The molecule has 1 aromatic heterocycles. The summed E-state index contributed by atoms with van der Waals surface area (Å²) in [7, 11) is 3.12. The van der Waals surface area contributed by atoms with Gasteiger partial charge in [-0.2, -0.15) is 0 Å². The van der Waals surface area contributed by atoms with E-state index in [-0.39, 0.29) is 18.1 Å². The Balaban J connectivity index is 2.45. The van der Waals surface area contributed by atoms with Crippen molar-refractivity contribution < 1.29 is 14.6 Å². The number of nitrogens with zero attached hydrogens (tertiary/aromatic N) is 1. The van der Waals surface area contributed by atoms with Gasteiger partial charge in [-0.3, -0.25) is 9.59 Å². The van der Waals surface area contributed by atoms with Gasteiger partial charge in [0.1, 0.15) is 0 Å². The van der Waals surface area contributed by atoms with E-state index in [0.29, 0.717) is 18.5 Å². The van der Waals surface area contributed by atoms with E-state index >= 15 is 0 Å². The lowest BCUT2D eigenvalue weighted by Gasteiger charge is -2.10. The molecule has 1 aromatic rings. The van der Waals surface area contributed by atoms with Crippen molar-refractivity contribution in [3.05, 3.63) is 34.2 Å². The van der Waals surface area contributed by atoms with Crippen LogP contribution in [-0.2, 0) is 11.8 Å². The van der Waals surface area contributed by atoms with Gasteiger partial charge >= 0.3 is 0 Å². The first-order valence-corrected chi connectivity index (χ1v) is 5.66. The van der Waals surface area contributed by atoms with Crippen LogP contribution in [0.4, 0.5) is 0 Å². The van der Waals surface area contributed by atoms with Gasteiger partial charge in [-0.1, -0.05) is 0 Å². The number of hydrogen-bond acceptors (Lipinski definition) is 4. The molecule has 1 unspecified atom stereocenters. The summed E-state index contributed by atoms with van der Waals surface area (Å²) in [5.74, 6) is -0.322. The predicted octanol–water partition coefficient (Wildman–Crippen LogP) is -0.488. The smallest absolute Gasteiger partial charge is 0.251 e. The highest BCUT2D eigenvalue weighted by Crippen LogP contribution is 1.95. The fraction of sp³-hybridized carbons (Fsp3) is 0.500. The lowest BCUT2D eigenvalue weighted by atomic mass is 10.2. The SMILES string of the molecule is COCC(O)CCNC(=O)c1ccn(C)c(=O)c1. The van der Waals surface area contributed by atoms with E-state index in [1.165, 1.54) is 23.9 Å². The number of pyridine rings is 1. The molecule has 100 valence electrons. The Bertz CT molecular complexity index is 456. The molecule has 0 saturated carbocycles. The number of carbonyl (C=O) groups is 1. The first-order valence-electron chi connectivity index (χ1n) is 5.66. The van der Waals surface area contributed by atoms with Crippen LogP contribution in [0.15, 0.2) is 23.1 Å². The predicted molar refractivity (Wildman–Crippen MR) is 66.5 cm³/mol. The van der Waals surface area contributed by atoms with E-state index in [1.807, 2.05) is 0 Å². The lowest BCUT2D eigenvalue weighted by molar-refractivity contribution is 0.0587. The van der Waals surface area contributed by atoms with Crippen molar-refractivity contribution in [2.24, 2.45) is 7.05 Å². The van der Waals surface area contributed by atoms with Crippen molar-refractivity contribution in [3.63, 3.8) is 0 Å². The van der Waals surface area contributed by atoms with Crippen LogP contribution in [0, 0.1) is 0 Å². The normalized spacial score (nSPS) is 12.2. The van der Waals surface area contributed by atoms with Gasteiger partial charge < -0.3 is 19.7 Å². The van der Waals surface area contributed by atoms with Gasteiger partial charge in [0, 0.05) is 38.5 Å². The molecule has 18 heavy (non-hydrogen) atoms. The zero-order valence-corrected chi connectivity index (χ0v) is 10.5. The monoisotopic (exact) mass is 254 g/mol. The van der Waals surface area contributed by atoms with Gasteiger partial charge in [-0.25, -0.2) is 0 Å². The van der Waals surface area contributed by atoms with Crippen molar-refractivity contribution in [2.45, 2.75) is 12.5 Å². The Hall–Kier alpha value is -1.66. The number of aromatic nitrogens is 1. The van der Waals surface area contributed by atoms with Crippen LogP contribution in [0.1, 0.15) is 16.8 Å². The van der Waals surface area contributed by atoms with E-state index in [2.05, 4.69) is 5.32 Å². The van der Waals surface area contributed by atoms with Gasteiger partial charge in [-0.15, -0.1) is 0 Å². The Morgan fingerprint density at radius 2 is 2.33 bits per heavy atom. The van der Waals surface area contributed by atoms with Crippen molar-refractivity contribution in [3.8, 4) is 0 Å². The third kappa shape index (κ3) is 4.31. The molecule has 0 saturated heterocycles. The summed E-state index contributed by atoms with van der Waals surface area (Å²) < 4.78 is 6.16. The third-order valence-electron chi connectivity index (χ3n) is 2.49. The van der Waals surface area contributed by atoms with Gasteiger partial charge in [0.15, 0.2) is 0 Å². The molecule has 0 bridgehead atoms. The number of nitrogens with one attached hydrogen (secondary N) is 1. The van der Waals surface area contributed by atoms with Gasteiger partial charge in [0.05, 0.1) is 12.7 Å². The van der Waals surface area contributed by atoms with Crippen molar-refractivity contribution in [1.29, 1.82) is 0 Å². The molecule has 0 fully saturated rings. The highest BCUT2D eigenvalue weighted by molar-refractivity contribution is 5.93. The van der Waals surface area contributed by atoms with Crippen LogP contribution in [-0.4, -0.2) is 41.9 Å². The molecule has 0 aromatic carbocycles. The number of hydrogen-bond donors (Lipinski definition) is 2. The summed E-state index contributed by atoms with van der Waals surface area (Å²) in [6.07, 6.45) is 1.35. The first kappa shape index (κ1) is 14.4. The summed E-state index contributed by atoms with van der Waals surface area (Å²) >= 11 is 0. The second-order valence-electron chi connectivity index (χ2n) is 4.02. The topological polar surface area (TPSA) is 80.6 Å². The molecule has 0 aliphatic rings. The zero-order chi connectivity index (χ0) is 13.5. The van der Waals surface area contributed by atoms with Gasteiger partial charge in [-0.05, 0) is 12.5 Å². The Kier molecular flexibility index (Phi) is 5.54. The van der Waals surface area contributed by atoms with Crippen molar-refractivity contribution in [1.82, 2.24) is 9.88 Å². The average molecular weight is 254 g/mol. The minimum atomic E-state index is -0.598. The molecule has 1 heterocycles. The number of amides is 1. The van der Waals surface area contributed by atoms with E-state index in [0.717, 1.165) is 0 Å². The maximum atomic E-state index is 11.7. The minimum Gasteiger partial charge on any atom is -0.391 e. The Labute approximate surface area is 105 Å². The molecule has 2 N–H and O–H groups in total. The second kappa shape index (κ2) is 6.93. The van der Waals surface area contributed by atoms with Crippen molar-refractivity contribution >= 4 is 5.91 Å². The summed E-state index contributed by atoms with van der Waals surface area (Å²) in [4.78, 5) is 23.0. The van der Waals surface area contributed by atoms with Crippen LogP contribution in [0.3, 0.4) is 0 Å². The number of methoxy groups -OCH3 is 1. The number of aliphatic hydroxyl groups is 1. The average Bonchev–Trinajstić information content (AvgIpc) is 2.33. The van der Waals surface area contributed by atoms with Crippen LogP contribution in [0.25, 0.3) is 0 Å². The maximum absolute atomic E-state index is 11.7. The molecule has 1 rings (SSSR count). The van der Waals surface area contributed by atoms with Crippen LogP contribution < -0.4 is 10.9 Å². The minimum absolute atomic E-state index is 0.234. The number of ether oxygens (including phenoxy) is 1. The summed E-state index contributed by atoms with van der Waals surface area (Å²) in [6.45, 7) is 0.570. The summed E-state index contributed by atoms with van der Waals surface area (Å²) in [5, 5.41) is 12.0. The van der Waals surface area contributed by atoms with E-state index < -0.39 is 6.10 Å². The standard InChI is InChI=1S/C12H18N2O4/c1-14-6-4-9(7-11(14)16)12(17)13-5-3-10(15)8-18-2/h4,6-7,10,15H,3,5,8H2,1-2H3,(H,13,17). The maximum Gasteiger partial charge on any atom is 0.251 e. The molecular formula is C12H18N2O4. The van der Waals surface area contributed by atoms with Crippen LogP contribution in [0.5, 0.6) is 0 Å². The van der Waals surface area contributed by atoms with Gasteiger partial charge in [0.2, 0.25) is 0 Å². The zero-order valence-electron chi connectivity index (χ0n) is 10.5. The summed E-state index contributed by atoms with van der Waals surface area (Å²) in [6, 6.07) is 2.85. The molecule has 1 amide bonds. The quantitative estimate of drug-likeness (QED) is 0.718. The third-order valence-corrected chi connectivity index (χ3v) is 2.49. The number of aryl methyl sites for hydroxylation is 1. The second-order valence-corrected chi connectivity index (χ2v) is 4.02. The van der Waals surface area contributed by atoms with Crippen LogP contribution >= 0.6 is 0 Å². The van der Waals surface area contributed by atoms with Crippen LogP contribution in [0.2, 0.25) is 0 Å². The molecule has 1 atom stereocenters. The fourth-order valence-corrected chi connectivity index (χ4v) is 1.42. The van der Waals surface area contributed by atoms with Gasteiger partial charge in [0.25, 0.3) is 11.5 Å². The van der Waals surface area contributed by atoms with E-state index in [1.54, 1.807) is 13.1 Å². The molecule has 0 aliphatic heterocycles. The number of carbonyl (C=O) groups excluding carboxylic acids is 1. The number of aliphatic hydroxyl groups excluding tert-OH is 1. The summed E-state index contributed by atoms with van der Waals surface area (Å²) in [5.41, 5.74) is 0.0846. The fourth-order valence-electron chi connectivity index (χ4n) is 1.42. The Morgan fingerprint density at radius 1 is 1.61 bits per heavy atom. The molecule has 0 spiro atoms. The Morgan fingerprint density at radius 3 is 2.94 bits per heavy atom. The number of rotatable bonds is 6. The molecule has 0 radical (unpaired) electrons. The highest BCUT2D eigenvalue weighted by atomic mass is 16.5. The molecule has 0 aliphatic carbocycles. The van der Waals surface area contributed by atoms with Crippen molar-refractivity contribution in [2.75, 3.05) is 20.3 Å². The largest absolute Gasteiger partial charge is 0.391 e. The molecule has 6 nitrogen and oxygen atoms in total. The lowest BCUT2D eigenvalue weighted by Crippen LogP contribution is -2.29. The molecular weight excluding hydrogens is 236 g/mol. The first-order chi connectivity index (χ1) is 8.54. The van der Waals surface area contributed by atoms with E-state index in [4.69, 9.17) is 4.74 Å².